The van der Waals surface area contributed by atoms with Gasteiger partial charge in [-0.15, -0.1) is 0 Å². The van der Waals surface area contributed by atoms with E-state index in [2.05, 4.69) is 15.0 Å². The molecule has 2 aromatic rings. The van der Waals surface area contributed by atoms with Crippen molar-refractivity contribution in [2.75, 3.05) is 30.3 Å². The Labute approximate surface area is 137 Å². The summed E-state index contributed by atoms with van der Waals surface area (Å²) >= 11 is 0. The van der Waals surface area contributed by atoms with Crippen molar-refractivity contribution in [3.05, 3.63) is 48.2 Å². The van der Waals surface area contributed by atoms with Gasteiger partial charge in [-0.3, -0.25) is 4.72 Å². The number of nitrogens with zero attached hydrogens (tertiary/aromatic N) is 1. The van der Waals surface area contributed by atoms with E-state index < -0.39 is 10.0 Å². The molecule has 0 amide bonds. The first kappa shape index (κ1) is 17.2. The first-order valence-electron chi connectivity index (χ1n) is 7.30. The Morgan fingerprint density at radius 3 is 2.61 bits per heavy atom. The van der Waals surface area contributed by atoms with Gasteiger partial charge in [0.05, 0.1) is 16.8 Å². The molecule has 1 heterocycles. The fourth-order valence-electron chi connectivity index (χ4n) is 2.06. The van der Waals surface area contributed by atoms with Gasteiger partial charge in [-0.25, -0.2) is 13.4 Å². The first-order chi connectivity index (χ1) is 11.0. The lowest BCUT2D eigenvalue weighted by Crippen LogP contribution is -2.15. The van der Waals surface area contributed by atoms with Crippen molar-refractivity contribution in [2.45, 2.75) is 18.2 Å². The number of rotatable bonds is 8. The summed E-state index contributed by atoms with van der Waals surface area (Å²) in [5.74, 6) is 0.288. The first-order valence-corrected chi connectivity index (χ1v) is 8.78. The average molecular weight is 335 g/mol. The lowest BCUT2D eigenvalue weighted by atomic mass is 10.2. The van der Waals surface area contributed by atoms with Crippen LogP contribution in [0.5, 0.6) is 0 Å². The molecule has 0 bridgehead atoms. The SMILES string of the molecule is COCCCNc1ccc(NS(=O)(=O)c2ccccc2C)nc1. The van der Waals surface area contributed by atoms with Crippen molar-refractivity contribution in [3.8, 4) is 0 Å². The maximum absolute atomic E-state index is 12.4. The fourth-order valence-corrected chi connectivity index (χ4v) is 3.31. The minimum atomic E-state index is -3.63. The summed E-state index contributed by atoms with van der Waals surface area (Å²) in [6, 6.07) is 10.3. The standard InChI is InChI=1S/C16H21N3O3S/c1-13-6-3-4-7-15(13)23(20,21)19-16-9-8-14(12-18-16)17-10-5-11-22-2/h3-4,6-9,12,17H,5,10-11H2,1-2H3,(H,18,19). The molecular weight excluding hydrogens is 314 g/mol. The average Bonchev–Trinajstić information content (AvgIpc) is 2.53. The molecule has 0 unspecified atom stereocenters. The number of pyridine rings is 1. The second-order valence-corrected chi connectivity index (χ2v) is 6.73. The molecule has 0 aliphatic rings. The molecule has 2 N–H and O–H groups in total. The molecule has 6 nitrogen and oxygen atoms in total. The van der Waals surface area contributed by atoms with Crippen LogP contribution in [0.25, 0.3) is 0 Å². The van der Waals surface area contributed by atoms with Crippen LogP contribution in [-0.2, 0) is 14.8 Å². The van der Waals surface area contributed by atoms with Crippen LogP contribution in [0, 0.1) is 6.92 Å². The topological polar surface area (TPSA) is 80.3 Å². The predicted octanol–water partition coefficient (Wildman–Crippen LogP) is 2.64. The molecule has 1 aromatic heterocycles. The maximum Gasteiger partial charge on any atom is 0.263 e. The quantitative estimate of drug-likeness (QED) is 0.725. The highest BCUT2D eigenvalue weighted by molar-refractivity contribution is 7.92. The molecule has 124 valence electrons. The summed E-state index contributed by atoms with van der Waals surface area (Å²) in [5.41, 5.74) is 1.52. The number of ether oxygens (including phenoxy) is 1. The second-order valence-electron chi connectivity index (χ2n) is 5.08. The summed E-state index contributed by atoms with van der Waals surface area (Å²) in [7, 11) is -1.97. The van der Waals surface area contributed by atoms with E-state index in [1.54, 1.807) is 56.6 Å². The Morgan fingerprint density at radius 1 is 1.17 bits per heavy atom. The van der Waals surface area contributed by atoms with Crippen LogP contribution in [0.15, 0.2) is 47.5 Å². The van der Waals surface area contributed by atoms with Gasteiger partial charge in [0.1, 0.15) is 5.82 Å². The molecule has 0 aliphatic heterocycles. The number of anilines is 2. The number of methoxy groups -OCH3 is 1. The third-order valence-electron chi connectivity index (χ3n) is 3.24. The number of benzene rings is 1. The summed E-state index contributed by atoms with van der Waals surface area (Å²) in [4.78, 5) is 4.39. The highest BCUT2D eigenvalue weighted by Gasteiger charge is 2.16. The third kappa shape index (κ3) is 4.94. The van der Waals surface area contributed by atoms with E-state index in [9.17, 15) is 8.42 Å². The summed E-state index contributed by atoms with van der Waals surface area (Å²) < 4.78 is 32.2. The monoisotopic (exact) mass is 335 g/mol. The van der Waals surface area contributed by atoms with E-state index in [0.29, 0.717) is 12.2 Å². The Bertz CT molecular complexity index is 730. The highest BCUT2D eigenvalue weighted by Crippen LogP contribution is 2.18. The van der Waals surface area contributed by atoms with Gasteiger partial charge < -0.3 is 10.1 Å². The normalized spacial score (nSPS) is 11.2. The molecular formula is C16H21N3O3S. The van der Waals surface area contributed by atoms with Gasteiger partial charge in [-0.05, 0) is 37.1 Å². The molecule has 2 rings (SSSR count). The van der Waals surface area contributed by atoms with E-state index in [4.69, 9.17) is 4.74 Å². The molecule has 0 radical (unpaired) electrons. The molecule has 0 fully saturated rings. The Hall–Kier alpha value is -2.12. The number of hydrogen-bond donors (Lipinski definition) is 2. The molecule has 7 heteroatoms. The summed E-state index contributed by atoms with van der Waals surface area (Å²) in [5, 5.41) is 3.19. The van der Waals surface area contributed by atoms with Crippen molar-refractivity contribution in [1.29, 1.82) is 0 Å². The minimum absolute atomic E-state index is 0.253. The number of aromatic nitrogens is 1. The maximum atomic E-state index is 12.4. The van der Waals surface area contributed by atoms with Crippen molar-refractivity contribution in [1.82, 2.24) is 4.98 Å². The van der Waals surface area contributed by atoms with E-state index in [1.807, 2.05) is 0 Å². The molecule has 0 spiro atoms. The molecule has 0 saturated heterocycles. The van der Waals surface area contributed by atoms with Gasteiger partial charge >= 0.3 is 0 Å². The molecule has 0 atom stereocenters. The smallest absolute Gasteiger partial charge is 0.263 e. The number of aryl methyl sites for hydroxylation is 1. The van der Waals surface area contributed by atoms with Gasteiger partial charge in [-0.1, -0.05) is 18.2 Å². The zero-order valence-corrected chi connectivity index (χ0v) is 14.1. The van der Waals surface area contributed by atoms with Crippen LogP contribution in [0.4, 0.5) is 11.5 Å². The van der Waals surface area contributed by atoms with Gasteiger partial charge in [0.25, 0.3) is 10.0 Å². The zero-order valence-electron chi connectivity index (χ0n) is 13.2. The van der Waals surface area contributed by atoms with Crippen LogP contribution >= 0.6 is 0 Å². The number of hydrogen-bond acceptors (Lipinski definition) is 5. The van der Waals surface area contributed by atoms with E-state index in [-0.39, 0.29) is 10.7 Å². The van der Waals surface area contributed by atoms with Crippen LogP contribution < -0.4 is 10.0 Å². The van der Waals surface area contributed by atoms with Crippen molar-refractivity contribution in [2.24, 2.45) is 0 Å². The third-order valence-corrected chi connectivity index (χ3v) is 4.75. The molecule has 0 aliphatic carbocycles. The van der Waals surface area contributed by atoms with Crippen molar-refractivity contribution >= 4 is 21.5 Å². The minimum Gasteiger partial charge on any atom is -0.385 e. The fraction of sp³-hybridized carbons (Fsp3) is 0.312. The lowest BCUT2D eigenvalue weighted by Gasteiger charge is -2.10. The second kappa shape index (κ2) is 7.94. The van der Waals surface area contributed by atoms with Gasteiger partial charge in [-0.2, -0.15) is 0 Å². The summed E-state index contributed by atoms with van der Waals surface area (Å²) in [6.07, 6.45) is 2.49. The molecule has 23 heavy (non-hydrogen) atoms. The highest BCUT2D eigenvalue weighted by atomic mass is 32.2. The summed E-state index contributed by atoms with van der Waals surface area (Å²) in [6.45, 7) is 3.22. The lowest BCUT2D eigenvalue weighted by molar-refractivity contribution is 0.198. The van der Waals surface area contributed by atoms with Gasteiger partial charge in [0.15, 0.2) is 0 Å². The Balaban J connectivity index is 2.02. The molecule has 1 aromatic carbocycles. The van der Waals surface area contributed by atoms with Crippen molar-refractivity contribution < 1.29 is 13.2 Å². The van der Waals surface area contributed by atoms with E-state index in [1.165, 1.54) is 0 Å². The van der Waals surface area contributed by atoms with Crippen LogP contribution in [0.2, 0.25) is 0 Å². The van der Waals surface area contributed by atoms with E-state index in [0.717, 1.165) is 18.7 Å². The van der Waals surface area contributed by atoms with Gasteiger partial charge in [0, 0.05) is 20.3 Å². The number of sulfonamides is 1. The zero-order chi connectivity index (χ0) is 16.7. The van der Waals surface area contributed by atoms with Gasteiger partial charge in [0.2, 0.25) is 0 Å². The predicted molar refractivity (Wildman–Crippen MR) is 91.2 cm³/mol. The largest absolute Gasteiger partial charge is 0.385 e. The van der Waals surface area contributed by atoms with Crippen LogP contribution in [0.3, 0.4) is 0 Å². The Kier molecular flexibility index (Phi) is 5.95. The van der Waals surface area contributed by atoms with E-state index >= 15 is 0 Å². The Morgan fingerprint density at radius 2 is 1.96 bits per heavy atom. The van der Waals surface area contributed by atoms with Crippen LogP contribution in [-0.4, -0.2) is 33.7 Å². The number of nitrogens with one attached hydrogen (secondary N) is 2. The van der Waals surface area contributed by atoms with Crippen molar-refractivity contribution in [3.63, 3.8) is 0 Å². The molecule has 0 saturated carbocycles. The van der Waals surface area contributed by atoms with Crippen LogP contribution in [0.1, 0.15) is 12.0 Å².